The largest absolute Gasteiger partial charge is 0.294 e. The SMILES string of the molecule is Cc1cc(C)c(C2C(=O)C=C(Cc3ccncc3Cl)C2=O)c(C)c1. The Kier molecular flexibility index (Phi) is 4.37. The number of ketones is 2. The van der Waals surface area contributed by atoms with E-state index in [1.165, 1.54) is 6.08 Å². The summed E-state index contributed by atoms with van der Waals surface area (Å²) in [6, 6.07) is 5.80. The van der Waals surface area contributed by atoms with Crippen molar-refractivity contribution >= 4 is 23.2 Å². The Morgan fingerprint density at radius 3 is 2.42 bits per heavy atom. The van der Waals surface area contributed by atoms with E-state index in [0.717, 1.165) is 27.8 Å². The highest BCUT2D eigenvalue weighted by Gasteiger charge is 2.37. The third kappa shape index (κ3) is 2.92. The molecule has 1 aromatic heterocycles. The average molecular weight is 340 g/mol. The number of aromatic nitrogens is 1. The van der Waals surface area contributed by atoms with Crippen LogP contribution in [0.25, 0.3) is 0 Å². The van der Waals surface area contributed by atoms with Crippen LogP contribution >= 0.6 is 11.6 Å². The van der Waals surface area contributed by atoms with Crippen LogP contribution in [-0.2, 0) is 16.0 Å². The number of carbonyl (C=O) groups excluding carboxylic acids is 2. The first kappa shape index (κ1) is 16.6. The quantitative estimate of drug-likeness (QED) is 0.792. The molecular weight excluding hydrogens is 322 g/mol. The van der Waals surface area contributed by atoms with Gasteiger partial charge in [-0.05, 0) is 55.2 Å². The summed E-state index contributed by atoms with van der Waals surface area (Å²) in [7, 11) is 0. The number of hydrogen-bond donors (Lipinski definition) is 0. The number of allylic oxidation sites excluding steroid dienone is 2. The predicted molar refractivity (Wildman–Crippen MR) is 94.4 cm³/mol. The zero-order valence-electron chi connectivity index (χ0n) is 13.9. The van der Waals surface area contributed by atoms with Crippen molar-refractivity contribution in [3.05, 3.63) is 75.1 Å². The summed E-state index contributed by atoms with van der Waals surface area (Å²) in [6.45, 7) is 5.92. The molecule has 3 nitrogen and oxygen atoms in total. The molecule has 0 saturated carbocycles. The second-order valence-electron chi connectivity index (χ2n) is 6.33. The smallest absolute Gasteiger partial charge is 0.174 e. The molecule has 2 aromatic rings. The molecule has 0 bridgehead atoms. The molecule has 0 saturated heterocycles. The Bertz CT molecular complexity index is 860. The summed E-state index contributed by atoms with van der Waals surface area (Å²) in [6.07, 6.45) is 5.01. The van der Waals surface area contributed by atoms with E-state index in [9.17, 15) is 9.59 Å². The Morgan fingerprint density at radius 1 is 1.12 bits per heavy atom. The zero-order chi connectivity index (χ0) is 17.4. The number of nitrogens with zero attached hydrogens (tertiary/aromatic N) is 1. The number of rotatable bonds is 3. The van der Waals surface area contributed by atoms with Crippen LogP contribution in [0.3, 0.4) is 0 Å². The van der Waals surface area contributed by atoms with Gasteiger partial charge in [-0.3, -0.25) is 14.6 Å². The molecular formula is C20H18ClNO2. The zero-order valence-corrected chi connectivity index (χ0v) is 14.6. The third-order valence-corrected chi connectivity index (χ3v) is 4.78. The number of pyridine rings is 1. The molecule has 1 aromatic carbocycles. The first-order chi connectivity index (χ1) is 11.4. The summed E-state index contributed by atoms with van der Waals surface area (Å²) in [5.74, 6) is -0.987. The number of halogens is 1. The number of benzene rings is 1. The third-order valence-electron chi connectivity index (χ3n) is 4.44. The summed E-state index contributed by atoms with van der Waals surface area (Å²) >= 11 is 6.12. The molecule has 0 amide bonds. The first-order valence-corrected chi connectivity index (χ1v) is 8.21. The number of Topliss-reactive ketones (excluding diaryl/α,β-unsaturated/α-hetero) is 1. The van der Waals surface area contributed by atoms with Gasteiger partial charge in [0.25, 0.3) is 0 Å². The van der Waals surface area contributed by atoms with E-state index in [2.05, 4.69) is 4.98 Å². The molecule has 1 aliphatic carbocycles. The topological polar surface area (TPSA) is 47.0 Å². The Balaban J connectivity index is 1.95. The van der Waals surface area contributed by atoms with E-state index in [1.807, 2.05) is 32.9 Å². The second-order valence-corrected chi connectivity index (χ2v) is 6.73. The maximum absolute atomic E-state index is 12.9. The van der Waals surface area contributed by atoms with Crippen LogP contribution in [0.5, 0.6) is 0 Å². The highest BCUT2D eigenvalue weighted by Crippen LogP contribution is 2.34. The fraction of sp³-hybridized carbons (Fsp3) is 0.250. The number of aryl methyl sites for hydroxylation is 3. The van der Waals surface area contributed by atoms with Crippen LogP contribution in [0, 0.1) is 20.8 Å². The van der Waals surface area contributed by atoms with Crippen molar-refractivity contribution in [3.8, 4) is 0 Å². The van der Waals surface area contributed by atoms with Crippen LogP contribution < -0.4 is 0 Å². The normalized spacial score (nSPS) is 17.3. The minimum Gasteiger partial charge on any atom is -0.294 e. The summed E-state index contributed by atoms with van der Waals surface area (Å²) < 4.78 is 0. The van der Waals surface area contributed by atoms with Crippen molar-refractivity contribution in [1.82, 2.24) is 4.98 Å². The fourth-order valence-corrected chi connectivity index (χ4v) is 3.64. The van der Waals surface area contributed by atoms with E-state index in [-0.39, 0.29) is 11.6 Å². The van der Waals surface area contributed by atoms with Crippen LogP contribution in [0.1, 0.15) is 33.7 Å². The summed E-state index contributed by atoms with van der Waals surface area (Å²) in [4.78, 5) is 29.3. The summed E-state index contributed by atoms with van der Waals surface area (Å²) in [5, 5.41) is 0.504. The van der Waals surface area contributed by atoms with Crippen LogP contribution in [0.4, 0.5) is 0 Å². The van der Waals surface area contributed by atoms with Crippen molar-refractivity contribution in [1.29, 1.82) is 0 Å². The van der Waals surface area contributed by atoms with Gasteiger partial charge in [0.05, 0.1) is 5.02 Å². The van der Waals surface area contributed by atoms with Gasteiger partial charge in [0.1, 0.15) is 5.92 Å². The van der Waals surface area contributed by atoms with Crippen molar-refractivity contribution in [2.45, 2.75) is 33.1 Å². The molecule has 1 heterocycles. The number of hydrogen-bond acceptors (Lipinski definition) is 3. The lowest BCUT2D eigenvalue weighted by molar-refractivity contribution is -0.122. The highest BCUT2D eigenvalue weighted by molar-refractivity contribution is 6.31. The van der Waals surface area contributed by atoms with E-state index in [4.69, 9.17) is 11.6 Å². The maximum atomic E-state index is 12.9. The lowest BCUT2D eigenvalue weighted by Crippen LogP contribution is -2.18. The molecule has 3 rings (SSSR count). The molecule has 0 spiro atoms. The minimum absolute atomic E-state index is 0.122. The van der Waals surface area contributed by atoms with Crippen LogP contribution in [-0.4, -0.2) is 16.6 Å². The Morgan fingerprint density at radius 2 is 1.79 bits per heavy atom. The minimum atomic E-state index is -0.721. The predicted octanol–water partition coefficient (Wildman–Crippen LogP) is 4.06. The Hall–Kier alpha value is -2.26. The van der Waals surface area contributed by atoms with Gasteiger partial charge < -0.3 is 0 Å². The second kappa shape index (κ2) is 6.33. The highest BCUT2D eigenvalue weighted by atomic mass is 35.5. The molecule has 24 heavy (non-hydrogen) atoms. The van der Waals surface area contributed by atoms with Crippen molar-refractivity contribution in [3.63, 3.8) is 0 Å². The molecule has 0 fully saturated rings. The van der Waals surface area contributed by atoms with Crippen molar-refractivity contribution in [2.24, 2.45) is 0 Å². The fourth-order valence-electron chi connectivity index (χ4n) is 3.45. The molecule has 1 unspecified atom stereocenters. The standard InChI is InChI=1S/C20H18ClNO2/c1-11-6-12(2)18(13(3)7-11)19-17(23)9-15(20(19)24)8-14-4-5-22-10-16(14)21/h4-7,9-10,19H,8H2,1-3H3. The lowest BCUT2D eigenvalue weighted by atomic mass is 9.85. The number of carbonyl (C=O) groups is 2. The molecule has 0 radical (unpaired) electrons. The van der Waals surface area contributed by atoms with Gasteiger partial charge in [0.2, 0.25) is 0 Å². The molecule has 1 atom stereocenters. The molecule has 122 valence electrons. The van der Waals surface area contributed by atoms with Gasteiger partial charge in [-0.15, -0.1) is 0 Å². The van der Waals surface area contributed by atoms with Crippen molar-refractivity contribution in [2.75, 3.05) is 0 Å². The van der Waals surface area contributed by atoms with E-state index >= 15 is 0 Å². The van der Waals surface area contributed by atoms with Gasteiger partial charge in [0, 0.05) is 24.4 Å². The van der Waals surface area contributed by atoms with Crippen LogP contribution in [0.2, 0.25) is 5.02 Å². The summed E-state index contributed by atoms with van der Waals surface area (Å²) in [5.41, 5.74) is 5.24. The van der Waals surface area contributed by atoms with Gasteiger partial charge in [-0.2, -0.15) is 0 Å². The van der Waals surface area contributed by atoms with Gasteiger partial charge in [0.15, 0.2) is 11.6 Å². The monoisotopic (exact) mass is 339 g/mol. The van der Waals surface area contributed by atoms with E-state index in [1.54, 1.807) is 18.5 Å². The lowest BCUT2D eigenvalue weighted by Gasteiger charge is -2.16. The van der Waals surface area contributed by atoms with Gasteiger partial charge in [-0.25, -0.2) is 0 Å². The van der Waals surface area contributed by atoms with E-state index in [0.29, 0.717) is 17.0 Å². The van der Waals surface area contributed by atoms with Gasteiger partial charge >= 0.3 is 0 Å². The Labute approximate surface area is 146 Å². The molecule has 0 N–H and O–H groups in total. The van der Waals surface area contributed by atoms with Crippen molar-refractivity contribution < 1.29 is 9.59 Å². The maximum Gasteiger partial charge on any atom is 0.174 e. The average Bonchev–Trinajstić information content (AvgIpc) is 2.76. The molecule has 0 aliphatic heterocycles. The molecule has 4 heteroatoms. The molecule has 1 aliphatic rings. The van der Waals surface area contributed by atoms with Crippen LogP contribution in [0.15, 0.2) is 42.2 Å². The first-order valence-electron chi connectivity index (χ1n) is 7.83. The van der Waals surface area contributed by atoms with Gasteiger partial charge in [-0.1, -0.05) is 29.3 Å². The van der Waals surface area contributed by atoms with E-state index < -0.39 is 5.92 Å².